The Morgan fingerprint density at radius 1 is 0.348 bits per heavy atom. The van der Waals surface area contributed by atoms with Gasteiger partial charge >= 0.3 is 6.18 Å². The van der Waals surface area contributed by atoms with Crippen LogP contribution in [-0.2, 0) is 6.18 Å². The molecule has 0 aliphatic carbocycles. The molecule has 0 heterocycles. The number of benzene rings is 6. The monoisotopic (exact) mass is 1070 g/mol. The highest BCUT2D eigenvalue weighted by Gasteiger charge is 2.30. The van der Waals surface area contributed by atoms with Gasteiger partial charge in [-0.25, -0.2) is 26.3 Å². The summed E-state index contributed by atoms with van der Waals surface area (Å²) >= 11 is 29.5. The lowest BCUT2D eigenvalue weighted by molar-refractivity contribution is -0.137. The van der Waals surface area contributed by atoms with Crippen LogP contribution in [0, 0.1) is 34.9 Å². The van der Waals surface area contributed by atoms with Crippen LogP contribution >= 0.6 is 58.0 Å². The van der Waals surface area contributed by atoms with Gasteiger partial charge < -0.3 is 0 Å². The molecule has 0 spiro atoms. The molecule has 69 heavy (non-hydrogen) atoms. The van der Waals surface area contributed by atoms with Gasteiger partial charge in [0.2, 0.25) is 5.82 Å². The normalized spacial score (nSPS) is 11.0. The summed E-state index contributed by atoms with van der Waals surface area (Å²) in [5.41, 5.74) is 3.77. The highest BCUT2D eigenvalue weighted by atomic mass is 35.5. The van der Waals surface area contributed by atoms with Gasteiger partial charge in [0.1, 0.15) is 5.82 Å². The van der Waals surface area contributed by atoms with Gasteiger partial charge in [0.05, 0.1) is 5.56 Å². The van der Waals surface area contributed by atoms with E-state index < -0.39 is 52.3 Å². The average molecular weight is 1070 g/mol. The van der Waals surface area contributed by atoms with Crippen molar-refractivity contribution in [1.29, 1.82) is 0 Å². The summed E-state index contributed by atoms with van der Waals surface area (Å²) in [5.74, 6) is -8.37. The minimum absolute atomic E-state index is 0.0995. The van der Waals surface area contributed by atoms with Crippen molar-refractivity contribution in [2.45, 2.75) is 125 Å². The second-order valence-corrected chi connectivity index (χ2v) is 19.4. The van der Waals surface area contributed by atoms with Crippen LogP contribution in [0.4, 0.5) is 39.5 Å². The number of hydrogen-bond donors (Lipinski definition) is 0. The van der Waals surface area contributed by atoms with E-state index in [2.05, 4.69) is 47.6 Å². The quantitative estimate of drug-likeness (QED) is 0.0886. The number of hydrogen-bond acceptors (Lipinski definition) is 0. The first kappa shape index (κ1) is 63.2. The zero-order valence-electron chi connectivity index (χ0n) is 40.6. The Balaban J connectivity index is 0.000000416. The van der Waals surface area contributed by atoms with E-state index in [0.29, 0.717) is 22.8 Å². The van der Waals surface area contributed by atoms with E-state index in [-0.39, 0.29) is 17.7 Å². The Morgan fingerprint density at radius 3 is 1.07 bits per heavy atom. The smallest absolute Gasteiger partial charge is 0.207 e. The maximum Gasteiger partial charge on any atom is 0.416 e. The molecule has 6 rings (SSSR count). The van der Waals surface area contributed by atoms with Crippen LogP contribution in [0.5, 0.6) is 0 Å². The molecule has 0 fully saturated rings. The van der Waals surface area contributed by atoms with Crippen LogP contribution in [0.2, 0.25) is 25.1 Å². The van der Waals surface area contributed by atoms with Gasteiger partial charge in [0.15, 0.2) is 23.3 Å². The molecular formula is C55H60Cl5F9. The van der Waals surface area contributed by atoms with Gasteiger partial charge in [-0.2, -0.15) is 13.2 Å². The molecule has 0 saturated carbocycles. The van der Waals surface area contributed by atoms with E-state index in [1.807, 2.05) is 88.4 Å². The molecule has 14 heteroatoms. The molecule has 378 valence electrons. The van der Waals surface area contributed by atoms with Crippen LogP contribution in [-0.4, -0.2) is 0 Å². The Kier molecular flexibility index (Phi) is 27.6. The molecule has 0 amide bonds. The minimum atomic E-state index is -4.23. The average Bonchev–Trinajstić information content (AvgIpc) is 3.25. The third kappa shape index (κ3) is 20.8. The molecule has 0 saturated heterocycles. The molecule has 0 aromatic heterocycles. The summed E-state index contributed by atoms with van der Waals surface area (Å²) in [5, 5.41) is 3.84. The lowest BCUT2D eigenvalue weighted by Gasteiger charge is -2.10. The van der Waals surface area contributed by atoms with Gasteiger partial charge in [-0.1, -0.05) is 202 Å². The molecule has 0 nitrogen and oxygen atoms in total. The summed E-state index contributed by atoms with van der Waals surface area (Å²) in [7, 11) is 0. The molecule has 6 aromatic rings. The molecule has 6 aromatic carbocycles. The first-order valence-corrected chi connectivity index (χ1v) is 23.9. The van der Waals surface area contributed by atoms with E-state index >= 15 is 0 Å². The van der Waals surface area contributed by atoms with Crippen molar-refractivity contribution in [3.05, 3.63) is 208 Å². The fraction of sp³-hybridized carbons (Fsp3) is 0.345. The summed E-state index contributed by atoms with van der Waals surface area (Å²) in [6.45, 7) is 23.2. The predicted molar refractivity (Wildman–Crippen MR) is 273 cm³/mol. The number of alkyl halides is 3. The topological polar surface area (TPSA) is 0 Å². The SMILES string of the molecule is CC(C)c1c(Cl)cccc1Cl.CC(C)c1c(F)c(F)c(F)c(F)c1F.CC(C)c1ccc(C(F)(F)F)cc1.CC(C)c1ccc(Cl)cc1Cl.CC(C)c1ccccc1Cl.CC(C)c1ccccc1F. The predicted octanol–water partition coefficient (Wildman–Crippen LogP) is 22.0. The van der Waals surface area contributed by atoms with Crippen molar-refractivity contribution in [2.24, 2.45) is 0 Å². The van der Waals surface area contributed by atoms with Crippen molar-refractivity contribution in [1.82, 2.24) is 0 Å². The van der Waals surface area contributed by atoms with Crippen molar-refractivity contribution < 1.29 is 39.5 Å². The molecule has 0 unspecified atom stereocenters. The van der Waals surface area contributed by atoms with Gasteiger partial charge in [-0.15, -0.1) is 0 Å². The number of rotatable bonds is 6. The highest BCUT2D eigenvalue weighted by Crippen LogP contribution is 2.33. The van der Waals surface area contributed by atoms with E-state index in [0.717, 1.165) is 54.5 Å². The lowest BCUT2D eigenvalue weighted by atomic mass is 10.0. The Hall–Kier alpha value is -3.86. The fourth-order valence-corrected chi connectivity index (χ4v) is 7.92. The van der Waals surface area contributed by atoms with Crippen LogP contribution in [0.3, 0.4) is 0 Å². The van der Waals surface area contributed by atoms with Crippen LogP contribution < -0.4 is 0 Å². The van der Waals surface area contributed by atoms with Gasteiger partial charge in [-0.05, 0) is 112 Å². The Labute approximate surface area is 428 Å². The molecular weight excluding hydrogens is 1010 g/mol. The molecule has 0 radical (unpaired) electrons. The van der Waals surface area contributed by atoms with E-state index in [4.69, 9.17) is 58.0 Å². The van der Waals surface area contributed by atoms with E-state index in [1.165, 1.54) is 37.6 Å². The lowest BCUT2D eigenvalue weighted by Crippen LogP contribution is -2.08. The highest BCUT2D eigenvalue weighted by molar-refractivity contribution is 6.36. The molecule has 0 aliphatic heterocycles. The van der Waals surface area contributed by atoms with Crippen molar-refractivity contribution in [3.8, 4) is 0 Å². The van der Waals surface area contributed by atoms with Crippen LogP contribution in [0.15, 0.2) is 109 Å². The standard InChI is InChI=1S/C10H11F3.2C9H10Cl2.C9H11Cl.C9H7F5.C9H11F/c1-7(2)8-3-5-9(6-4-8)10(11,12)13;1-6(2)8-4-3-7(10)5-9(8)11;1-6(2)9-7(10)4-3-5-8(9)11;1-7(2)8-5-3-4-6-9(8)10;1-3(2)4-5(10)7(12)9(14)8(13)6(4)11;1-7(2)8-5-3-4-6-9(8)10/h3-7H,1-2H3;2*3-6H,1-2H3;3-7H,1-2H3;3H,1-2H3;3-7H,1-2H3. The van der Waals surface area contributed by atoms with Crippen molar-refractivity contribution in [3.63, 3.8) is 0 Å². The number of halogens is 14. The van der Waals surface area contributed by atoms with Gasteiger partial charge in [0, 0.05) is 30.7 Å². The minimum Gasteiger partial charge on any atom is -0.207 e. The summed E-state index contributed by atoms with van der Waals surface area (Å²) in [4.78, 5) is 0. The zero-order valence-corrected chi connectivity index (χ0v) is 44.4. The summed E-state index contributed by atoms with van der Waals surface area (Å²) in [6.07, 6.45) is -4.23. The third-order valence-electron chi connectivity index (χ3n) is 9.94. The molecule has 0 atom stereocenters. The second-order valence-electron chi connectivity index (χ2n) is 17.4. The molecule has 0 aliphatic rings. The van der Waals surface area contributed by atoms with E-state index in [9.17, 15) is 39.5 Å². The Morgan fingerprint density at radius 2 is 0.739 bits per heavy atom. The van der Waals surface area contributed by atoms with Crippen molar-refractivity contribution in [2.75, 3.05) is 0 Å². The largest absolute Gasteiger partial charge is 0.416 e. The maximum absolute atomic E-state index is 12.9. The summed E-state index contributed by atoms with van der Waals surface area (Å²) in [6, 6.07) is 31.3. The van der Waals surface area contributed by atoms with Gasteiger partial charge in [0.25, 0.3) is 0 Å². The second kappa shape index (κ2) is 30.1. The molecule has 0 N–H and O–H groups in total. The first-order chi connectivity index (χ1) is 31.9. The fourth-order valence-electron chi connectivity index (χ4n) is 6.10. The zero-order chi connectivity index (χ0) is 53.1. The summed E-state index contributed by atoms with van der Waals surface area (Å²) < 4.78 is 113. The van der Waals surface area contributed by atoms with Crippen molar-refractivity contribution >= 4 is 58.0 Å². The maximum atomic E-state index is 12.9. The van der Waals surface area contributed by atoms with Crippen LogP contribution in [0.1, 0.15) is 158 Å². The Bertz CT molecular complexity index is 2380. The molecule has 0 bridgehead atoms. The first-order valence-electron chi connectivity index (χ1n) is 22.0. The van der Waals surface area contributed by atoms with Gasteiger partial charge in [-0.3, -0.25) is 0 Å². The van der Waals surface area contributed by atoms with E-state index in [1.54, 1.807) is 12.1 Å². The van der Waals surface area contributed by atoms with Crippen LogP contribution in [0.25, 0.3) is 0 Å². The third-order valence-corrected chi connectivity index (χ3v) is 11.5.